The molecule has 0 spiro atoms. The average Bonchev–Trinajstić information content (AvgIpc) is 2.84. The van der Waals surface area contributed by atoms with Gasteiger partial charge in [0, 0.05) is 36.5 Å². The average molecular weight is 299 g/mol. The molecular weight excluding hydrogens is 284 g/mol. The molecule has 1 aromatic heterocycles. The molecule has 19 heavy (non-hydrogen) atoms. The van der Waals surface area contributed by atoms with Gasteiger partial charge < -0.3 is 14.8 Å². The van der Waals surface area contributed by atoms with Crippen molar-refractivity contribution < 1.29 is 9.47 Å². The van der Waals surface area contributed by atoms with Gasteiger partial charge in [0.1, 0.15) is 0 Å². The normalized spacial score (nSPS) is 10.9. The summed E-state index contributed by atoms with van der Waals surface area (Å²) < 4.78 is 11.0. The van der Waals surface area contributed by atoms with E-state index in [0.29, 0.717) is 11.0 Å². The Hall–Kier alpha value is -1.14. The number of nitrogens with zero attached hydrogens (tertiary/aromatic N) is 1. The summed E-state index contributed by atoms with van der Waals surface area (Å²) in [7, 11) is 3.24. The number of ether oxygens (including phenoxy) is 2. The van der Waals surface area contributed by atoms with Crippen molar-refractivity contribution in [1.82, 2.24) is 4.98 Å². The van der Waals surface area contributed by atoms with E-state index in [2.05, 4.69) is 10.3 Å². The van der Waals surface area contributed by atoms with E-state index in [9.17, 15) is 0 Å². The lowest BCUT2D eigenvalue weighted by molar-refractivity contribution is -0.105. The molecule has 1 aromatic carbocycles. The van der Waals surface area contributed by atoms with Crippen molar-refractivity contribution in [3.05, 3.63) is 45.4 Å². The molecule has 0 unspecified atom stereocenters. The van der Waals surface area contributed by atoms with Gasteiger partial charge in [-0.15, -0.1) is 11.3 Å². The Morgan fingerprint density at radius 3 is 2.79 bits per heavy atom. The summed E-state index contributed by atoms with van der Waals surface area (Å²) in [6.07, 6.45) is 1.43. The number of aromatic nitrogens is 1. The van der Waals surface area contributed by atoms with Gasteiger partial charge in [-0.2, -0.15) is 0 Å². The van der Waals surface area contributed by atoms with Gasteiger partial charge in [0.25, 0.3) is 0 Å². The van der Waals surface area contributed by atoms with E-state index >= 15 is 0 Å². The fraction of sp³-hybridized carbons (Fsp3) is 0.308. The van der Waals surface area contributed by atoms with Crippen LogP contribution in [0.2, 0.25) is 4.47 Å². The number of thiazole rings is 1. The molecule has 0 radical (unpaired) electrons. The van der Waals surface area contributed by atoms with Crippen LogP contribution in [-0.4, -0.2) is 19.2 Å². The molecule has 0 aliphatic rings. The first-order valence-electron chi connectivity index (χ1n) is 5.72. The van der Waals surface area contributed by atoms with Gasteiger partial charge in [-0.05, 0) is 12.1 Å². The predicted molar refractivity (Wildman–Crippen MR) is 77.7 cm³/mol. The fourth-order valence-corrected chi connectivity index (χ4v) is 2.64. The highest BCUT2D eigenvalue weighted by Gasteiger charge is 2.09. The molecule has 0 aliphatic heterocycles. The summed E-state index contributed by atoms with van der Waals surface area (Å²) in [6.45, 7) is 0.693. The van der Waals surface area contributed by atoms with Crippen LogP contribution in [0.5, 0.6) is 0 Å². The number of hydrogen-bond donors (Lipinski definition) is 1. The number of rotatable bonds is 6. The molecule has 0 atom stereocenters. The Kier molecular flexibility index (Phi) is 5.15. The summed E-state index contributed by atoms with van der Waals surface area (Å²) >= 11 is 7.26. The molecule has 0 amide bonds. The van der Waals surface area contributed by atoms with Crippen LogP contribution in [0, 0.1) is 0 Å². The maximum absolute atomic E-state index is 5.79. The van der Waals surface area contributed by atoms with Crippen molar-refractivity contribution in [3.8, 4) is 0 Å². The van der Waals surface area contributed by atoms with Crippen LogP contribution in [0.1, 0.15) is 16.7 Å². The van der Waals surface area contributed by atoms with Crippen LogP contribution in [0.25, 0.3) is 0 Å². The van der Waals surface area contributed by atoms with Crippen LogP contribution >= 0.6 is 22.9 Å². The number of halogens is 1. The van der Waals surface area contributed by atoms with E-state index in [0.717, 1.165) is 16.1 Å². The Morgan fingerprint density at radius 2 is 2.16 bits per heavy atom. The maximum Gasteiger partial charge on any atom is 0.183 e. The number of nitrogens with one attached hydrogen (secondary N) is 1. The van der Waals surface area contributed by atoms with Gasteiger partial charge in [-0.1, -0.05) is 23.7 Å². The molecule has 102 valence electrons. The summed E-state index contributed by atoms with van der Waals surface area (Å²) in [4.78, 5) is 5.09. The first-order valence-corrected chi connectivity index (χ1v) is 6.92. The minimum absolute atomic E-state index is 0.348. The van der Waals surface area contributed by atoms with E-state index in [4.69, 9.17) is 21.1 Å². The third kappa shape index (κ3) is 3.91. The Bertz CT molecular complexity index is 529. The molecule has 6 heteroatoms. The number of methoxy groups -OCH3 is 2. The zero-order chi connectivity index (χ0) is 13.7. The molecule has 0 bridgehead atoms. The maximum atomic E-state index is 5.79. The van der Waals surface area contributed by atoms with Gasteiger partial charge in [0.15, 0.2) is 10.8 Å². The van der Waals surface area contributed by atoms with Gasteiger partial charge in [-0.25, -0.2) is 4.98 Å². The Balaban J connectivity index is 2.02. The fourth-order valence-electron chi connectivity index (χ4n) is 1.72. The van der Waals surface area contributed by atoms with E-state index in [1.54, 1.807) is 20.4 Å². The van der Waals surface area contributed by atoms with Crippen molar-refractivity contribution in [2.45, 2.75) is 12.8 Å². The Morgan fingerprint density at radius 1 is 1.37 bits per heavy atom. The molecule has 0 saturated carbocycles. The minimum atomic E-state index is -0.348. The van der Waals surface area contributed by atoms with Gasteiger partial charge >= 0.3 is 0 Å². The first kappa shape index (κ1) is 14.3. The molecule has 4 nitrogen and oxygen atoms in total. The van der Waals surface area contributed by atoms with Gasteiger partial charge in [0.05, 0.1) is 6.54 Å². The lowest BCUT2D eigenvalue weighted by Crippen LogP contribution is -2.04. The number of benzene rings is 1. The second kappa shape index (κ2) is 6.86. The summed E-state index contributed by atoms with van der Waals surface area (Å²) in [5.74, 6) is 0. The monoisotopic (exact) mass is 298 g/mol. The Labute approximate surface area is 121 Å². The second-order valence-corrected chi connectivity index (χ2v) is 5.56. The van der Waals surface area contributed by atoms with Crippen LogP contribution in [0.4, 0.5) is 5.69 Å². The van der Waals surface area contributed by atoms with Crippen molar-refractivity contribution in [2.75, 3.05) is 19.5 Å². The van der Waals surface area contributed by atoms with E-state index in [1.165, 1.54) is 11.3 Å². The van der Waals surface area contributed by atoms with E-state index < -0.39 is 0 Å². The molecular formula is C13H15ClN2O2S. The van der Waals surface area contributed by atoms with Crippen molar-refractivity contribution in [3.63, 3.8) is 0 Å². The molecule has 2 rings (SSSR count). The number of anilines is 1. The lowest BCUT2D eigenvalue weighted by Gasteiger charge is -2.15. The van der Waals surface area contributed by atoms with E-state index in [-0.39, 0.29) is 6.29 Å². The van der Waals surface area contributed by atoms with E-state index in [1.807, 2.05) is 24.3 Å². The highest BCUT2D eigenvalue weighted by atomic mass is 35.5. The summed E-state index contributed by atoms with van der Waals surface area (Å²) in [5, 5.41) is 3.32. The van der Waals surface area contributed by atoms with Crippen molar-refractivity contribution >= 4 is 28.6 Å². The topological polar surface area (TPSA) is 43.4 Å². The molecule has 0 fully saturated rings. The highest BCUT2D eigenvalue weighted by molar-refractivity contribution is 7.15. The minimum Gasteiger partial charge on any atom is -0.380 e. The van der Waals surface area contributed by atoms with Gasteiger partial charge in [-0.3, -0.25) is 0 Å². The third-order valence-electron chi connectivity index (χ3n) is 2.58. The van der Waals surface area contributed by atoms with Crippen LogP contribution in [0.15, 0.2) is 30.5 Å². The van der Waals surface area contributed by atoms with Crippen molar-refractivity contribution in [2.24, 2.45) is 0 Å². The van der Waals surface area contributed by atoms with Crippen LogP contribution in [-0.2, 0) is 16.0 Å². The van der Waals surface area contributed by atoms with Gasteiger partial charge in [0.2, 0.25) is 0 Å². The number of hydrogen-bond acceptors (Lipinski definition) is 5. The van der Waals surface area contributed by atoms with Crippen molar-refractivity contribution in [1.29, 1.82) is 0 Å². The molecule has 2 aromatic rings. The first-order chi connectivity index (χ1) is 9.22. The molecule has 1 heterocycles. The third-order valence-corrected chi connectivity index (χ3v) is 3.69. The molecule has 0 aliphatic carbocycles. The molecule has 0 saturated heterocycles. The summed E-state index contributed by atoms with van der Waals surface area (Å²) in [5.41, 5.74) is 1.97. The largest absolute Gasteiger partial charge is 0.380 e. The smallest absolute Gasteiger partial charge is 0.183 e. The quantitative estimate of drug-likeness (QED) is 0.826. The standard InChI is InChI=1S/C13H15ClN2O2S/c1-17-12(18-2)9-4-3-5-10(6-9)15-7-11-8-16-13(14)19-11/h3-6,8,12,15H,7H2,1-2H3. The zero-order valence-electron chi connectivity index (χ0n) is 10.7. The zero-order valence-corrected chi connectivity index (χ0v) is 12.3. The lowest BCUT2D eigenvalue weighted by atomic mass is 10.2. The van der Waals surface area contributed by atoms with Crippen LogP contribution in [0.3, 0.4) is 0 Å². The highest BCUT2D eigenvalue weighted by Crippen LogP contribution is 2.22. The SMILES string of the molecule is COC(OC)c1cccc(NCc2cnc(Cl)s2)c1. The molecule has 1 N–H and O–H groups in total. The second-order valence-electron chi connectivity index (χ2n) is 3.86. The summed E-state index contributed by atoms with van der Waals surface area (Å²) in [6, 6.07) is 7.92. The van der Waals surface area contributed by atoms with Crippen LogP contribution < -0.4 is 5.32 Å². The predicted octanol–water partition coefficient (Wildman–Crippen LogP) is 3.70.